The number of amides is 1. The van der Waals surface area contributed by atoms with Crippen LogP contribution in [0.4, 0.5) is 11.4 Å². The van der Waals surface area contributed by atoms with Crippen molar-refractivity contribution in [3.05, 3.63) is 71.6 Å². The lowest BCUT2D eigenvalue weighted by molar-refractivity contribution is -0.113. The fraction of sp³-hybridized carbons (Fsp3) is 0.118. The van der Waals surface area contributed by atoms with Crippen LogP contribution in [0.25, 0.3) is 0 Å². The standard InChI is InChI=1S/C17H17N3O2/c1-12-8-6-7-11-15(12)18-17(22)16(13(2)21)20-19-14-9-4-3-5-10-14/h3-11,21H,1-2H3,(H,18,22)/b16-13+,20-19?. The number of aryl methyl sites for hydroxylation is 1. The molecule has 2 aromatic rings. The van der Waals surface area contributed by atoms with Crippen LogP contribution in [0.1, 0.15) is 12.5 Å². The van der Waals surface area contributed by atoms with Crippen LogP contribution in [0.3, 0.4) is 0 Å². The summed E-state index contributed by atoms with van der Waals surface area (Å²) < 4.78 is 0. The Morgan fingerprint density at radius 3 is 2.32 bits per heavy atom. The zero-order chi connectivity index (χ0) is 15.9. The van der Waals surface area contributed by atoms with Crippen molar-refractivity contribution in [1.29, 1.82) is 0 Å². The number of hydrogen-bond acceptors (Lipinski definition) is 4. The molecule has 2 N–H and O–H groups in total. The molecule has 0 atom stereocenters. The molecule has 0 unspecified atom stereocenters. The first-order valence-electron chi connectivity index (χ1n) is 6.81. The summed E-state index contributed by atoms with van der Waals surface area (Å²) in [6, 6.07) is 16.4. The number of rotatable bonds is 4. The van der Waals surface area contributed by atoms with Crippen LogP contribution >= 0.6 is 0 Å². The molecule has 1 amide bonds. The first kappa shape index (κ1) is 15.4. The minimum Gasteiger partial charge on any atom is -0.510 e. The van der Waals surface area contributed by atoms with Crippen LogP contribution < -0.4 is 5.32 Å². The van der Waals surface area contributed by atoms with Gasteiger partial charge in [0.1, 0.15) is 5.76 Å². The predicted molar refractivity (Wildman–Crippen MR) is 86.1 cm³/mol. The highest BCUT2D eigenvalue weighted by Crippen LogP contribution is 2.17. The number of para-hydroxylation sites is 1. The lowest BCUT2D eigenvalue weighted by Crippen LogP contribution is -2.15. The van der Waals surface area contributed by atoms with E-state index in [-0.39, 0.29) is 11.5 Å². The fourth-order valence-electron chi connectivity index (χ4n) is 1.78. The molecule has 0 fully saturated rings. The Bertz CT molecular complexity index is 718. The highest BCUT2D eigenvalue weighted by atomic mass is 16.3. The van der Waals surface area contributed by atoms with Gasteiger partial charge in [0.2, 0.25) is 0 Å². The van der Waals surface area contributed by atoms with E-state index in [4.69, 9.17) is 0 Å². The molecule has 0 saturated carbocycles. The maximum Gasteiger partial charge on any atom is 0.279 e. The maximum atomic E-state index is 12.2. The van der Waals surface area contributed by atoms with Crippen LogP contribution in [0.15, 0.2) is 76.3 Å². The van der Waals surface area contributed by atoms with Gasteiger partial charge in [-0.1, -0.05) is 36.4 Å². The van der Waals surface area contributed by atoms with Crippen molar-refractivity contribution >= 4 is 17.3 Å². The first-order valence-corrected chi connectivity index (χ1v) is 6.81. The van der Waals surface area contributed by atoms with E-state index in [9.17, 15) is 9.90 Å². The third-order valence-corrected chi connectivity index (χ3v) is 2.97. The van der Waals surface area contributed by atoms with E-state index in [2.05, 4.69) is 15.5 Å². The van der Waals surface area contributed by atoms with E-state index < -0.39 is 5.91 Å². The Labute approximate surface area is 129 Å². The molecular weight excluding hydrogens is 278 g/mol. The molecule has 0 bridgehead atoms. The van der Waals surface area contributed by atoms with Crippen molar-refractivity contribution in [2.45, 2.75) is 13.8 Å². The van der Waals surface area contributed by atoms with Crippen LogP contribution in [-0.4, -0.2) is 11.0 Å². The van der Waals surface area contributed by atoms with E-state index in [0.29, 0.717) is 11.4 Å². The molecule has 0 spiro atoms. The summed E-state index contributed by atoms with van der Waals surface area (Å²) in [5, 5.41) is 20.2. The Hall–Kier alpha value is -2.95. The number of azo groups is 1. The van der Waals surface area contributed by atoms with E-state index in [0.717, 1.165) is 5.56 Å². The second kappa shape index (κ2) is 7.17. The first-order chi connectivity index (χ1) is 10.6. The molecule has 112 valence electrons. The number of carbonyl (C=O) groups excluding carboxylic acids is 1. The molecular formula is C17H17N3O2. The van der Waals surface area contributed by atoms with Crippen LogP contribution in [-0.2, 0) is 4.79 Å². The smallest absolute Gasteiger partial charge is 0.279 e. The van der Waals surface area contributed by atoms with Crippen molar-refractivity contribution in [2.75, 3.05) is 5.32 Å². The summed E-state index contributed by atoms with van der Waals surface area (Å²) in [5.41, 5.74) is 2.07. The number of carbonyl (C=O) groups is 1. The number of allylic oxidation sites excluding steroid dienone is 1. The third kappa shape index (κ3) is 4.02. The Kier molecular flexibility index (Phi) is 5.03. The second-order valence-corrected chi connectivity index (χ2v) is 4.74. The highest BCUT2D eigenvalue weighted by molar-refractivity contribution is 6.04. The van der Waals surface area contributed by atoms with Gasteiger partial charge in [-0.15, -0.1) is 5.11 Å². The summed E-state index contributed by atoms with van der Waals surface area (Å²) in [5.74, 6) is -0.695. The van der Waals surface area contributed by atoms with Gasteiger partial charge in [-0.3, -0.25) is 4.79 Å². The largest absolute Gasteiger partial charge is 0.510 e. The number of aliphatic hydroxyl groups is 1. The zero-order valence-electron chi connectivity index (χ0n) is 12.4. The molecule has 2 aromatic carbocycles. The topological polar surface area (TPSA) is 74.0 Å². The molecule has 0 radical (unpaired) electrons. The Balaban J connectivity index is 2.19. The van der Waals surface area contributed by atoms with Crippen LogP contribution in [0.5, 0.6) is 0 Å². The van der Waals surface area contributed by atoms with Crippen molar-refractivity contribution in [3.8, 4) is 0 Å². The quantitative estimate of drug-likeness (QED) is 0.495. The van der Waals surface area contributed by atoms with Gasteiger partial charge in [-0.25, -0.2) is 0 Å². The molecule has 0 heterocycles. The van der Waals surface area contributed by atoms with Gasteiger partial charge in [0.15, 0.2) is 5.70 Å². The Morgan fingerprint density at radius 2 is 1.68 bits per heavy atom. The van der Waals surface area contributed by atoms with Crippen LogP contribution in [0.2, 0.25) is 0 Å². The summed E-state index contributed by atoms with van der Waals surface area (Å²) in [7, 11) is 0. The highest BCUT2D eigenvalue weighted by Gasteiger charge is 2.14. The maximum absolute atomic E-state index is 12.2. The monoisotopic (exact) mass is 295 g/mol. The molecule has 0 saturated heterocycles. The average Bonchev–Trinajstić information content (AvgIpc) is 2.50. The van der Waals surface area contributed by atoms with Gasteiger partial charge in [0.25, 0.3) is 5.91 Å². The predicted octanol–water partition coefficient (Wildman–Crippen LogP) is 4.51. The molecule has 2 rings (SSSR count). The molecule has 0 aliphatic rings. The molecule has 0 aromatic heterocycles. The molecule has 0 aliphatic carbocycles. The summed E-state index contributed by atoms with van der Waals surface area (Å²) in [6.45, 7) is 3.28. The minimum atomic E-state index is -0.506. The van der Waals surface area contributed by atoms with E-state index in [1.807, 2.05) is 43.3 Å². The number of benzene rings is 2. The van der Waals surface area contributed by atoms with Crippen molar-refractivity contribution in [1.82, 2.24) is 0 Å². The summed E-state index contributed by atoms with van der Waals surface area (Å²) in [6.07, 6.45) is 0. The lowest BCUT2D eigenvalue weighted by atomic mass is 10.2. The zero-order valence-corrected chi connectivity index (χ0v) is 12.4. The lowest BCUT2D eigenvalue weighted by Gasteiger charge is -2.08. The molecule has 0 aliphatic heterocycles. The van der Waals surface area contributed by atoms with E-state index in [1.165, 1.54) is 6.92 Å². The van der Waals surface area contributed by atoms with Gasteiger partial charge < -0.3 is 10.4 Å². The van der Waals surface area contributed by atoms with E-state index >= 15 is 0 Å². The number of hydrogen-bond donors (Lipinski definition) is 2. The van der Waals surface area contributed by atoms with Crippen molar-refractivity contribution in [3.63, 3.8) is 0 Å². The van der Waals surface area contributed by atoms with Gasteiger partial charge >= 0.3 is 0 Å². The summed E-state index contributed by atoms with van der Waals surface area (Å²) >= 11 is 0. The number of nitrogens with zero attached hydrogens (tertiary/aromatic N) is 2. The fourth-order valence-corrected chi connectivity index (χ4v) is 1.78. The third-order valence-electron chi connectivity index (χ3n) is 2.97. The van der Waals surface area contributed by atoms with Crippen LogP contribution in [0, 0.1) is 6.92 Å². The number of aliphatic hydroxyl groups excluding tert-OH is 1. The van der Waals surface area contributed by atoms with Gasteiger partial charge in [-0.05, 0) is 37.6 Å². The van der Waals surface area contributed by atoms with Crippen molar-refractivity contribution in [2.24, 2.45) is 10.2 Å². The second-order valence-electron chi connectivity index (χ2n) is 4.74. The average molecular weight is 295 g/mol. The van der Waals surface area contributed by atoms with Gasteiger partial charge in [-0.2, -0.15) is 5.11 Å². The number of nitrogens with one attached hydrogen (secondary N) is 1. The molecule has 5 nitrogen and oxygen atoms in total. The molecule has 5 heteroatoms. The van der Waals surface area contributed by atoms with Gasteiger partial charge in [0.05, 0.1) is 5.69 Å². The Morgan fingerprint density at radius 1 is 1.05 bits per heavy atom. The molecule has 22 heavy (non-hydrogen) atoms. The number of anilines is 1. The van der Waals surface area contributed by atoms with E-state index in [1.54, 1.807) is 18.2 Å². The summed E-state index contributed by atoms with van der Waals surface area (Å²) in [4.78, 5) is 12.2. The van der Waals surface area contributed by atoms with Gasteiger partial charge in [0, 0.05) is 5.69 Å². The minimum absolute atomic E-state index is 0.118. The van der Waals surface area contributed by atoms with Crippen molar-refractivity contribution < 1.29 is 9.90 Å². The SMILES string of the molecule is C/C(O)=C(\N=Nc1ccccc1)C(=O)Nc1ccccc1C. The normalized spacial score (nSPS) is 12.1.